The van der Waals surface area contributed by atoms with Gasteiger partial charge in [-0.15, -0.1) is 0 Å². The lowest BCUT2D eigenvalue weighted by Crippen LogP contribution is -2.21. The zero-order valence-corrected chi connectivity index (χ0v) is 19.3. The van der Waals surface area contributed by atoms with Gasteiger partial charge in [0.1, 0.15) is 17.1 Å². The van der Waals surface area contributed by atoms with Gasteiger partial charge in [0, 0.05) is 17.3 Å². The van der Waals surface area contributed by atoms with Crippen LogP contribution in [0.3, 0.4) is 0 Å². The monoisotopic (exact) mass is 466 g/mol. The van der Waals surface area contributed by atoms with Crippen LogP contribution in [0, 0.1) is 20.8 Å². The number of nitrogens with one attached hydrogen (secondary N) is 1. The summed E-state index contributed by atoms with van der Waals surface area (Å²) in [5, 5.41) is 8.31. The van der Waals surface area contributed by atoms with Crippen molar-refractivity contribution in [3.8, 4) is 22.7 Å². The van der Waals surface area contributed by atoms with Crippen molar-refractivity contribution in [2.75, 3.05) is 11.8 Å². The molecule has 0 atom stereocenters. The van der Waals surface area contributed by atoms with Crippen LogP contribution in [0.5, 0.6) is 5.75 Å². The van der Waals surface area contributed by atoms with Gasteiger partial charge in [-0.2, -0.15) is 9.78 Å². The van der Waals surface area contributed by atoms with Crippen molar-refractivity contribution in [3.63, 3.8) is 0 Å². The van der Waals surface area contributed by atoms with Gasteiger partial charge in [0.2, 0.25) is 0 Å². The molecular weight excluding hydrogens is 444 g/mol. The fourth-order valence-corrected chi connectivity index (χ4v) is 4.75. The van der Waals surface area contributed by atoms with E-state index in [1.54, 1.807) is 63.2 Å². The summed E-state index contributed by atoms with van der Waals surface area (Å²) in [5.41, 5.74) is 2.57. The SMILES string of the molecule is COc1ccc(NS(=O)(=O)c2cc(-c3ccc(=O)n(-c4c(C)noc4C)n3)ccc2C)cc1. The predicted molar refractivity (Wildman–Crippen MR) is 123 cm³/mol. The minimum atomic E-state index is -3.88. The normalized spacial score (nSPS) is 11.4. The highest BCUT2D eigenvalue weighted by Gasteiger charge is 2.20. The highest BCUT2D eigenvalue weighted by Crippen LogP contribution is 2.26. The van der Waals surface area contributed by atoms with Crippen LogP contribution in [0.1, 0.15) is 17.0 Å². The van der Waals surface area contributed by atoms with Gasteiger partial charge in [0.25, 0.3) is 15.6 Å². The van der Waals surface area contributed by atoms with E-state index in [0.717, 1.165) is 0 Å². The Morgan fingerprint density at radius 3 is 2.36 bits per heavy atom. The second-order valence-corrected chi connectivity index (χ2v) is 9.11. The summed E-state index contributed by atoms with van der Waals surface area (Å²) in [4.78, 5) is 12.6. The van der Waals surface area contributed by atoms with E-state index in [9.17, 15) is 13.2 Å². The second kappa shape index (κ2) is 8.55. The Labute approximate surface area is 190 Å². The number of sulfonamides is 1. The number of aryl methyl sites for hydroxylation is 3. The van der Waals surface area contributed by atoms with E-state index in [-0.39, 0.29) is 10.5 Å². The first-order chi connectivity index (χ1) is 15.7. The van der Waals surface area contributed by atoms with Gasteiger partial charge in [-0.05, 0) is 62.7 Å². The Balaban J connectivity index is 1.74. The maximum Gasteiger partial charge on any atom is 0.271 e. The Morgan fingerprint density at radius 2 is 1.73 bits per heavy atom. The molecule has 0 radical (unpaired) electrons. The number of anilines is 1. The van der Waals surface area contributed by atoms with Crippen molar-refractivity contribution in [3.05, 3.63) is 82.0 Å². The molecule has 4 rings (SSSR count). The first-order valence-electron chi connectivity index (χ1n) is 10.0. The van der Waals surface area contributed by atoms with Gasteiger partial charge >= 0.3 is 0 Å². The Kier molecular flexibility index (Phi) is 5.77. The van der Waals surface area contributed by atoms with Crippen LogP contribution >= 0.6 is 0 Å². The molecular formula is C23H22N4O5S. The van der Waals surface area contributed by atoms with Crippen molar-refractivity contribution in [2.24, 2.45) is 0 Å². The molecule has 0 aliphatic rings. The minimum absolute atomic E-state index is 0.104. The smallest absolute Gasteiger partial charge is 0.271 e. The van der Waals surface area contributed by atoms with Crippen LogP contribution < -0.4 is 15.0 Å². The van der Waals surface area contributed by atoms with Crippen LogP contribution in [-0.2, 0) is 10.0 Å². The van der Waals surface area contributed by atoms with Crippen molar-refractivity contribution >= 4 is 15.7 Å². The Bertz CT molecular complexity index is 1470. The number of benzene rings is 2. The van der Waals surface area contributed by atoms with Crippen LogP contribution in [0.15, 0.2) is 68.8 Å². The molecule has 170 valence electrons. The van der Waals surface area contributed by atoms with Gasteiger partial charge in [-0.1, -0.05) is 17.3 Å². The average molecular weight is 467 g/mol. The molecule has 0 aliphatic heterocycles. The maximum absolute atomic E-state index is 13.1. The Morgan fingerprint density at radius 1 is 1.00 bits per heavy atom. The zero-order valence-electron chi connectivity index (χ0n) is 18.5. The van der Waals surface area contributed by atoms with Crippen LogP contribution in [-0.4, -0.2) is 30.5 Å². The number of nitrogens with zero attached hydrogens (tertiary/aromatic N) is 3. The highest BCUT2D eigenvalue weighted by molar-refractivity contribution is 7.92. The van der Waals surface area contributed by atoms with Gasteiger partial charge in [0.05, 0.1) is 17.7 Å². The highest BCUT2D eigenvalue weighted by atomic mass is 32.2. The second-order valence-electron chi connectivity index (χ2n) is 7.46. The lowest BCUT2D eigenvalue weighted by Gasteiger charge is -2.13. The molecule has 0 saturated heterocycles. The largest absolute Gasteiger partial charge is 0.497 e. The number of ether oxygens (including phenoxy) is 1. The molecule has 1 N–H and O–H groups in total. The van der Waals surface area contributed by atoms with E-state index in [4.69, 9.17) is 9.26 Å². The molecule has 2 aromatic heterocycles. The quantitative estimate of drug-likeness (QED) is 0.461. The van der Waals surface area contributed by atoms with Crippen LogP contribution in [0.25, 0.3) is 16.9 Å². The lowest BCUT2D eigenvalue weighted by molar-refractivity contribution is 0.392. The molecule has 2 heterocycles. The molecule has 4 aromatic rings. The van der Waals surface area contributed by atoms with E-state index < -0.39 is 10.0 Å². The van der Waals surface area contributed by atoms with Gasteiger partial charge in [0.15, 0.2) is 5.76 Å². The standard InChI is InChI=1S/C23H22N4O5S/c1-14-5-6-17(13-21(14)33(29,30)26-18-7-9-19(31-4)10-8-18)20-11-12-22(28)27(24-20)23-15(2)25-32-16(23)3/h5-13,26H,1-4H3. The van der Waals surface area contributed by atoms with E-state index in [0.29, 0.717) is 45.4 Å². The summed E-state index contributed by atoms with van der Waals surface area (Å²) in [6, 6.07) is 14.5. The third-order valence-electron chi connectivity index (χ3n) is 5.12. The fraction of sp³-hybridized carbons (Fsp3) is 0.174. The summed E-state index contributed by atoms with van der Waals surface area (Å²) in [7, 11) is -2.34. The van der Waals surface area contributed by atoms with Gasteiger partial charge in [-0.25, -0.2) is 8.42 Å². The molecule has 10 heteroatoms. The van der Waals surface area contributed by atoms with Gasteiger partial charge < -0.3 is 9.26 Å². The summed E-state index contributed by atoms with van der Waals surface area (Å²) >= 11 is 0. The molecule has 0 saturated carbocycles. The topological polar surface area (TPSA) is 116 Å². The summed E-state index contributed by atoms with van der Waals surface area (Å²) in [5.74, 6) is 1.07. The first-order valence-corrected chi connectivity index (χ1v) is 11.5. The number of aromatic nitrogens is 3. The Hall–Kier alpha value is -3.92. The molecule has 0 fully saturated rings. The van der Waals surface area contributed by atoms with Crippen LogP contribution in [0.4, 0.5) is 5.69 Å². The molecule has 0 amide bonds. The van der Waals surface area contributed by atoms with E-state index >= 15 is 0 Å². The maximum atomic E-state index is 13.1. The summed E-state index contributed by atoms with van der Waals surface area (Å²) in [6.07, 6.45) is 0. The molecule has 0 spiro atoms. The molecule has 0 aliphatic carbocycles. The molecule has 33 heavy (non-hydrogen) atoms. The molecule has 0 bridgehead atoms. The minimum Gasteiger partial charge on any atom is -0.497 e. The lowest BCUT2D eigenvalue weighted by atomic mass is 10.1. The first kappa shape index (κ1) is 22.3. The number of hydrogen-bond acceptors (Lipinski definition) is 7. The summed E-state index contributed by atoms with van der Waals surface area (Å²) < 4.78 is 40.3. The van der Waals surface area contributed by atoms with Crippen molar-refractivity contribution in [2.45, 2.75) is 25.7 Å². The average Bonchev–Trinajstić information content (AvgIpc) is 3.12. The number of rotatable bonds is 6. The molecule has 2 aromatic carbocycles. The summed E-state index contributed by atoms with van der Waals surface area (Å²) in [6.45, 7) is 5.12. The molecule has 0 unspecified atom stereocenters. The van der Waals surface area contributed by atoms with Crippen molar-refractivity contribution in [1.29, 1.82) is 0 Å². The zero-order chi connectivity index (χ0) is 23.8. The van der Waals surface area contributed by atoms with E-state index in [1.807, 2.05) is 0 Å². The van der Waals surface area contributed by atoms with E-state index in [1.165, 1.54) is 23.9 Å². The van der Waals surface area contributed by atoms with Crippen molar-refractivity contribution < 1.29 is 17.7 Å². The third kappa shape index (κ3) is 4.37. The fourth-order valence-electron chi connectivity index (χ4n) is 3.42. The predicted octanol–water partition coefficient (Wildman–Crippen LogP) is 3.62. The number of methoxy groups -OCH3 is 1. The van der Waals surface area contributed by atoms with E-state index in [2.05, 4.69) is 15.0 Å². The van der Waals surface area contributed by atoms with Gasteiger partial charge in [-0.3, -0.25) is 9.52 Å². The third-order valence-corrected chi connectivity index (χ3v) is 6.65. The molecule has 9 nitrogen and oxygen atoms in total. The van der Waals surface area contributed by atoms with Crippen LogP contribution in [0.2, 0.25) is 0 Å². The van der Waals surface area contributed by atoms with Crippen molar-refractivity contribution in [1.82, 2.24) is 14.9 Å². The number of hydrogen-bond donors (Lipinski definition) is 1.